The van der Waals surface area contributed by atoms with Crippen molar-refractivity contribution in [3.63, 3.8) is 0 Å². The van der Waals surface area contributed by atoms with Gasteiger partial charge in [0.1, 0.15) is 0 Å². The van der Waals surface area contributed by atoms with E-state index in [-0.39, 0.29) is 0 Å². The van der Waals surface area contributed by atoms with E-state index in [1.165, 1.54) is 0 Å². The molecule has 1 heterocycles. The summed E-state index contributed by atoms with van der Waals surface area (Å²) in [5.74, 6) is 0.386. The topological polar surface area (TPSA) is 110 Å². The van der Waals surface area contributed by atoms with Crippen molar-refractivity contribution in [2.24, 2.45) is 5.73 Å². The second kappa shape index (κ2) is 8.42. The molecule has 2 rings (SSSR count). The number of benzene rings is 1. The Morgan fingerprint density at radius 3 is 2.88 bits per heavy atom. The lowest BCUT2D eigenvalue weighted by atomic mass is 10.1. The number of anilines is 2. The molecule has 0 aliphatic carbocycles. The molecule has 4 N–H and O–H groups in total. The Kier molecular flexibility index (Phi) is 6.01. The minimum atomic E-state index is -0.472. The number of nitrogens with two attached hydrogens (primary N) is 1. The van der Waals surface area contributed by atoms with E-state index in [2.05, 4.69) is 27.2 Å². The molecular weight excluding hydrogens is 306 g/mol. The molecule has 0 bridgehead atoms. The van der Waals surface area contributed by atoms with E-state index in [0.717, 1.165) is 12.0 Å². The van der Waals surface area contributed by atoms with Crippen LogP contribution in [0.1, 0.15) is 28.0 Å². The highest BCUT2D eigenvalue weighted by Gasteiger charge is 2.08. The molecule has 1 aromatic carbocycles. The van der Waals surface area contributed by atoms with Crippen LogP contribution >= 0.6 is 0 Å². The first-order valence-corrected chi connectivity index (χ1v) is 7.43. The van der Waals surface area contributed by atoms with Gasteiger partial charge in [-0.15, -0.1) is 6.58 Å². The Morgan fingerprint density at radius 1 is 1.33 bits per heavy atom. The number of hydrogen-bond acceptors (Lipinski definition) is 5. The van der Waals surface area contributed by atoms with Crippen LogP contribution in [0.25, 0.3) is 0 Å². The van der Waals surface area contributed by atoms with E-state index in [1.54, 1.807) is 30.5 Å². The predicted molar refractivity (Wildman–Crippen MR) is 92.8 cm³/mol. The van der Waals surface area contributed by atoms with Gasteiger partial charge in [-0.1, -0.05) is 18.2 Å². The summed E-state index contributed by atoms with van der Waals surface area (Å²) in [5, 5.41) is 5.63. The third-order valence-electron chi connectivity index (χ3n) is 3.26. The van der Waals surface area contributed by atoms with E-state index in [9.17, 15) is 9.59 Å². The molecule has 1 aromatic heterocycles. The van der Waals surface area contributed by atoms with E-state index in [0.29, 0.717) is 42.3 Å². The van der Waals surface area contributed by atoms with Gasteiger partial charge in [0.2, 0.25) is 12.3 Å². The maximum Gasteiger partial charge on any atom is 0.248 e. The van der Waals surface area contributed by atoms with Crippen LogP contribution in [-0.2, 0) is 11.2 Å². The molecule has 7 heteroatoms. The summed E-state index contributed by atoms with van der Waals surface area (Å²) in [6.45, 7) is 4.29. The molecule has 0 aliphatic rings. The summed E-state index contributed by atoms with van der Waals surface area (Å²) in [6.07, 6.45) is 5.17. The zero-order chi connectivity index (χ0) is 17.4. The van der Waals surface area contributed by atoms with Crippen molar-refractivity contribution in [2.45, 2.75) is 12.8 Å². The summed E-state index contributed by atoms with van der Waals surface area (Å²) in [4.78, 5) is 30.6. The number of rotatable bonds is 9. The van der Waals surface area contributed by atoms with Gasteiger partial charge in [0, 0.05) is 18.5 Å². The monoisotopic (exact) mass is 325 g/mol. The second-order valence-corrected chi connectivity index (χ2v) is 5.07. The van der Waals surface area contributed by atoms with Gasteiger partial charge in [-0.05, 0) is 24.1 Å². The highest BCUT2D eigenvalue weighted by molar-refractivity contribution is 5.92. The van der Waals surface area contributed by atoms with Gasteiger partial charge < -0.3 is 16.4 Å². The molecule has 124 valence electrons. The predicted octanol–water partition coefficient (Wildman–Crippen LogP) is 1.72. The van der Waals surface area contributed by atoms with Crippen LogP contribution in [0.4, 0.5) is 11.6 Å². The van der Waals surface area contributed by atoms with Crippen molar-refractivity contribution in [3.8, 4) is 0 Å². The van der Waals surface area contributed by atoms with Gasteiger partial charge in [-0.3, -0.25) is 9.59 Å². The number of nitrogens with one attached hydrogen (secondary N) is 2. The van der Waals surface area contributed by atoms with Gasteiger partial charge in [0.15, 0.2) is 11.6 Å². The summed E-state index contributed by atoms with van der Waals surface area (Å²) in [6, 6.07) is 7.05. The zero-order valence-corrected chi connectivity index (χ0v) is 13.2. The van der Waals surface area contributed by atoms with Crippen molar-refractivity contribution in [1.82, 2.24) is 9.97 Å². The Balaban J connectivity index is 2.21. The number of carbonyl (C=O) groups is 2. The lowest BCUT2D eigenvalue weighted by molar-refractivity contribution is -0.105. The van der Waals surface area contributed by atoms with Crippen molar-refractivity contribution >= 4 is 24.0 Å². The first-order valence-electron chi connectivity index (χ1n) is 7.43. The molecule has 24 heavy (non-hydrogen) atoms. The van der Waals surface area contributed by atoms with Gasteiger partial charge in [0.05, 0.1) is 11.9 Å². The Morgan fingerprint density at radius 2 is 2.17 bits per heavy atom. The molecule has 0 saturated carbocycles. The van der Waals surface area contributed by atoms with E-state index in [4.69, 9.17) is 5.73 Å². The Hall–Kier alpha value is -3.22. The lowest BCUT2D eigenvalue weighted by Gasteiger charge is -2.11. The van der Waals surface area contributed by atoms with Crippen LogP contribution in [0.15, 0.2) is 43.1 Å². The molecule has 0 aliphatic heterocycles. The van der Waals surface area contributed by atoms with E-state index in [1.807, 2.05) is 6.07 Å². The third kappa shape index (κ3) is 4.64. The van der Waals surface area contributed by atoms with Crippen LogP contribution in [0.3, 0.4) is 0 Å². The van der Waals surface area contributed by atoms with Gasteiger partial charge in [-0.25, -0.2) is 9.97 Å². The normalized spacial score (nSPS) is 10.0. The number of nitrogens with zero attached hydrogens (tertiary/aromatic N) is 2. The fourth-order valence-corrected chi connectivity index (χ4v) is 2.13. The third-order valence-corrected chi connectivity index (χ3v) is 3.26. The number of amides is 2. The summed E-state index contributed by atoms with van der Waals surface area (Å²) in [7, 11) is 0. The largest absolute Gasteiger partial charge is 0.367 e. The molecule has 2 amide bonds. The molecule has 0 fully saturated rings. The Bertz CT molecular complexity index is 746. The van der Waals surface area contributed by atoms with Crippen molar-refractivity contribution in [3.05, 3.63) is 59.9 Å². The molecule has 0 atom stereocenters. The maximum absolute atomic E-state index is 11.3. The zero-order valence-electron chi connectivity index (χ0n) is 13.2. The summed E-state index contributed by atoms with van der Waals surface area (Å²) >= 11 is 0. The van der Waals surface area contributed by atoms with Gasteiger partial charge in [-0.2, -0.15) is 0 Å². The fraction of sp³-hybridized carbons (Fsp3) is 0.176. The maximum atomic E-state index is 11.3. The fourth-order valence-electron chi connectivity index (χ4n) is 2.13. The lowest BCUT2D eigenvalue weighted by Crippen LogP contribution is -2.12. The molecule has 0 unspecified atom stereocenters. The standard InChI is InChI=1S/C17H19N5O2/c1-2-3-7-19-17-16(21-11-23)20-10-14(22-17)9-12-5-4-6-13(8-12)15(18)24/h2,4-6,8,10-11H,1,3,7,9H2,(H2,18,24)(H,19,22)(H,20,21,23). The molecular formula is C17H19N5O2. The Labute approximate surface area is 140 Å². The van der Waals surface area contributed by atoms with Crippen molar-refractivity contribution in [2.75, 3.05) is 17.2 Å². The quantitative estimate of drug-likeness (QED) is 0.369. The van der Waals surface area contributed by atoms with E-state index < -0.39 is 5.91 Å². The van der Waals surface area contributed by atoms with Gasteiger partial charge >= 0.3 is 0 Å². The first kappa shape index (κ1) is 17.1. The summed E-state index contributed by atoms with van der Waals surface area (Å²) < 4.78 is 0. The van der Waals surface area contributed by atoms with Crippen molar-refractivity contribution in [1.29, 1.82) is 0 Å². The number of aromatic nitrogens is 2. The minimum absolute atomic E-state index is 0.365. The van der Waals surface area contributed by atoms with Crippen LogP contribution in [0, 0.1) is 0 Å². The SMILES string of the molecule is C=CCCNc1nc(Cc2cccc(C(N)=O)c2)cnc1NC=O. The number of primary amides is 1. The van der Waals surface area contributed by atoms with Crippen molar-refractivity contribution < 1.29 is 9.59 Å². The van der Waals surface area contributed by atoms with E-state index >= 15 is 0 Å². The molecule has 0 saturated heterocycles. The van der Waals surface area contributed by atoms with Crippen LogP contribution in [0.5, 0.6) is 0 Å². The van der Waals surface area contributed by atoms with Crippen LogP contribution in [-0.4, -0.2) is 28.8 Å². The van der Waals surface area contributed by atoms with Crippen LogP contribution in [0.2, 0.25) is 0 Å². The number of carbonyl (C=O) groups excluding carboxylic acids is 2. The number of hydrogen-bond donors (Lipinski definition) is 3. The first-order chi connectivity index (χ1) is 11.6. The minimum Gasteiger partial charge on any atom is -0.367 e. The highest BCUT2D eigenvalue weighted by Crippen LogP contribution is 2.18. The van der Waals surface area contributed by atoms with Crippen LogP contribution < -0.4 is 16.4 Å². The molecule has 0 radical (unpaired) electrons. The second-order valence-electron chi connectivity index (χ2n) is 5.07. The average Bonchev–Trinajstić information content (AvgIpc) is 2.57. The smallest absolute Gasteiger partial charge is 0.248 e. The average molecular weight is 325 g/mol. The van der Waals surface area contributed by atoms with Gasteiger partial charge in [0.25, 0.3) is 0 Å². The molecule has 0 spiro atoms. The highest BCUT2D eigenvalue weighted by atomic mass is 16.1. The summed E-state index contributed by atoms with van der Waals surface area (Å²) in [5.41, 5.74) is 7.34. The molecule has 7 nitrogen and oxygen atoms in total. The molecule has 2 aromatic rings.